The lowest BCUT2D eigenvalue weighted by Gasteiger charge is -2.13. The van der Waals surface area contributed by atoms with E-state index in [4.69, 9.17) is 5.11 Å². The second-order valence-electron chi connectivity index (χ2n) is 4.87. The van der Waals surface area contributed by atoms with Crippen LogP contribution in [0.15, 0.2) is 60.7 Å². The van der Waals surface area contributed by atoms with Crippen LogP contribution in [0.5, 0.6) is 0 Å². The van der Waals surface area contributed by atoms with Gasteiger partial charge in [0, 0.05) is 17.1 Å². The minimum Gasteiger partial charge on any atom is -0.481 e. The Morgan fingerprint density at radius 3 is 2.45 bits per heavy atom. The maximum Gasteiger partial charge on any atom is 0.304 e. The molecule has 0 radical (unpaired) electrons. The lowest BCUT2D eigenvalue weighted by molar-refractivity contribution is -0.137. The Balaban J connectivity index is 2.06. The molecule has 0 aliphatic carbocycles. The summed E-state index contributed by atoms with van der Waals surface area (Å²) in [6.07, 6.45) is 0.0802. The first kappa shape index (κ1) is 12.5. The molecule has 0 aliphatic heterocycles. The van der Waals surface area contributed by atoms with Crippen LogP contribution in [0.2, 0.25) is 0 Å². The highest BCUT2D eigenvalue weighted by Gasteiger charge is 2.19. The molecular formula is C17H15NO2. The molecule has 3 aromatic rings. The van der Waals surface area contributed by atoms with Gasteiger partial charge in [-0.05, 0) is 23.1 Å². The smallest absolute Gasteiger partial charge is 0.304 e. The normalized spacial score (nSPS) is 12.4. The Hall–Kier alpha value is -2.55. The van der Waals surface area contributed by atoms with Crippen molar-refractivity contribution in [2.45, 2.75) is 12.3 Å². The predicted molar refractivity (Wildman–Crippen MR) is 78.8 cm³/mol. The van der Waals surface area contributed by atoms with Gasteiger partial charge in [0.05, 0.1) is 6.42 Å². The molecule has 1 atom stereocenters. The lowest BCUT2D eigenvalue weighted by Crippen LogP contribution is -2.08. The molecular weight excluding hydrogens is 250 g/mol. The number of benzene rings is 2. The molecule has 0 amide bonds. The van der Waals surface area contributed by atoms with Gasteiger partial charge in [-0.2, -0.15) is 0 Å². The van der Waals surface area contributed by atoms with E-state index in [0.717, 1.165) is 22.2 Å². The van der Waals surface area contributed by atoms with Crippen molar-refractivity contribution in [2.75, 3.05) is 0 Å². The Morgan fingerprint density at radius 1 is 1.05 bits per heavy atom. The molecule has 0 spiro atoms. The molecule has 3 heteroatoms. The fourth-order valence-corrected chi connectivity index (χ4v) is 2.55. The van der Waals surface area contributed by atoms with Crippen LogP contribution < -0.4 is 0 Å². The van der Waals surface area contributed by atoms with Gasteiger partial charge in [0.15, 0.2) is 0 Å². The molecule has 0 saturated carbocycles. The highest BCUT2D eigenvalue weighted by Crippen LogP contribution is 2.29. The third-order valence-corrected chi connectivity index (χ3v) is 3.51. The van der Waals surface area contributed by atoms with Crippen molar-refractivity contribution in [3.8, 4) is 0 Å². The number of aromatic amines is 1. The molecule has 20 heavy (non-hydrogen) atoms. The van der Waals surface area contributed by atoms with Gasteiger partial charge in [-0.1, -0.05) is 48.5 Å². The number of nitrogens with one attached hydrogen (secondary N) is 1. The number of fused-ring (bicyclic) bond motifs is 1. The van der Waals surface area contributed by atoms with Crippen molar-refractivity contribution < 1.29 is 9.90 Å². The number of para-hydroxylation sites is 1. The number of rotatable bonds is 4. The first-order chi connectivity index (χ1) is 9.74. The summed E-state index contributed by atoms with van der Waals surface area (Å²) in [6, 6.07) is 19.8. The van der Waals surface area contributed by atoms with Crippen molar-refractivity contribution in [1.29, 1.82) is 0 Å². The minimum absolute atomic E-state index is 0.0802. The van der Waals surface area contributed by atoms with E-state index in [1.807, 2.05) is 60.7 Å². The number of carbonyl (C=O) groups is 1. The van der Waals surface area contributed by atoms with E-state index in [0.29, 0.717) is 0 Å². The van der Waals surface area contributed by atoms with Crippen LogP contribution in [0.1, 0.15) is 23.6 Å². The Kier molecular flexibility index (Phi) is 3.25. The van der Waals surface area contributed by atoms with E-state index >= 15 is 0 Å². The summed E-state index contributed by atoms with van der Waals surface area (Å²) in [6.45, 7) is 0. The average molecular weight is 265 g/mol. The Labute approximate surface area is 116 Å². The van der Waals surface area contributed by atoms with Crippen molar-refractivity contribution in [2.24, 2.45) is 0 Å². The van der Waals surface area contributed by atoms with Crippen LogP contribution in [0.4, 0.5) is 0 Å². The van der Waals surface area contributed by atoms with Gasteiger partial charge >= 0.3 is 5.97 Å². The zero-order chi connectivity index (χ0) is 13.9. The van der Waals surface area contributed by atoms with E-state index < -0.39 is 5.97 Å². The molecule has 0 saturated heterocycles. The number of carboxylic acid groups (broad SMARTS) is 1. The predicted octanol–water partition coefficient (Wildman–Crippen LogP) is 3.77. The van der Waals surface area contributed by atoms with Crippen LogP contribution in [0.3, 0.4) is 0 Å². The third-order valence-electron chi connectivity index (χ3n) is 3.51. The minimum atomic E-state index is -0.794. The summed E-state index contributed by atoms with van der Waals surface area (Å²) in [7, 11) is 0. The molecule has 0 fully saturated rings. The molecule has 3 nitrogen and oxygen atoms in total. The zero-order valence-corrected chi connectivity index (χ0v) is 10.9. The van der Waals surface area contributed by atoms with Gasteiger partial charge < -0.3 is 10.1 Å². The van der Waals surface area contributed by atoms with E-state index in [-0.39, 0.29) is 12.3 Å². The highest BCUT2D eigenvalue weighted by molar-refractivity contribution is 5.81. The Bertz CT molecular complexity index is 698. The second-order valence-corrected chi connectivity index (χ2v) is 4.87. The topological polar surface area (TPSA) is 53.1 Å². The molecule has 0 bridgehead atoms. The largest absolute Gasteiger partial charge is 0.481 e. The quantitative estimate of drug-likeness (QED) is 0.754. The molecule has 2 aromatic carbocycles. The van der Waals surface area contributed by atoms with Crippen LogP contribution in [-0.2, 0) is 4.79 Å². The van der Waals surface area contributed by atoms with E-state index in [2.05, 4.69) is 4.98 Å². The fourth-order valence-electron chi connectivity index (χ4n) is 2.55. The van der Waals surface area contributed by atoms with Crippen molar-refractivity contribution in [3.63, 3.8) is 0 Å². The van der Waals surface area contributed by atoms with Gasteiger partial charge in [-0.3, -0.25) is 4.79 Å². The Morgan fingerprint density at radius 2 is 1.75 bits per heavy atom. The maximum absolute atomic E-state index is 11.2. The number of hydrogen-bond acceptors (Lipinski definition) is 1. The molecule has 1 aromatic heterocycles. The molecule has 1 unspecified atom stereocenters. The van der Waals surface area contributed by atoms with Crippen LogP contribution in [0, 0.1) is 0 Å². The second kappa shape index (κ2) is 5.21. The van der Waals surface area contributed by atoms with E-state index in [1.54, 1.807) is 0 Å². The van der Waals surface area contributed by atoms with Gasteiger partial charge in [0.1, 0.15) is 0 Å². The summed E-state index contributed by atoms with van der Waals surface area (Å²) < 4.78 is 0. The summed E-state index contributed by atoms with van der Waals surface area (Å²) >= 11 is 0. The zero-order valence-electron chi connectivity index (χ0n) is 10.9. The van der Waals surface area contributed by atoms with Crippen molar-refractivity contribution >= 4 is 16.9 Å². The molecule has 100 valence electrons. The average Bonchev–Trinajstić information content (AvgIpc) is 2.89. The van der Waals surface area contributed by atoms with Gasteiger partial charge in [0.2, 0.25) is 0 Å². The standard InChI is InChI=1S/C17H15NO2/c19-17(20)11-14(12-6-2-1-3-7-12)16-10-13-8-4-5-9-15(13)18-16/h1-10,14,18H,11H2,(H,19,20). The van der Waals surface area contributed by atoms with Gasteiger partial charge in [0.25, 0.3) is 0 Å². The van der Waals surface area contributed by atoms with Gasteiger partial charge in [-0.15, -0.1) is 0 Å². The summed E-state index contributed by atoms with van der Waals surface area (Å²) in [4.78, 5) is 14.5. The summed E-state index contributed by atoms with van der Waals surface area (Å²) in [5, 5.41) is 10.3. The molecule has 3 rings (SSSR count). The number of H-pyrrole nitrogens is 1. The van der Waals surface area contributed by atoms with E-state index in [1.165, 1.54) is 0 Å². The maximum atomic E-state index is 11.2. The van der Waals surface area contributed by atoms with Crippen molar-refractivity contribution in [3.05, 3.63) is 71.9 Å². The third kappa shape index (κ3) is 2.43. The highest BCUT2D eigenvalue weighted by atomic mass is 16.4. The number of carboxylic acids is 1. The first-order valence-electron chi connectivity index (χ1n) is 6.58. The summed E-state index contributed by atoms with van der Waals surface area (Å²) in [5.74, 6) is -0.946. The SMILES string of the molecule is O=C(O)CC(c1ccccc1)c1cc2ccccc2[nH]1. The van der Waals surface area contributed by atoms with Crippen LogP contribution in [0.25, 0.3) is 10.9 Å². The molecule has 2 N–H and O–H groups in total. The van der Waals surface area contributed by atoms with Gasteiger partial charge in [-0.25, -0.2) is 0 Å². The molecule has 1 heterocycles. The molecule has 0 aliphatic rings. The van der Waals surface area contributed by atoms with Crippen LogP contribution >= 0.6 is 0 Å². The van der Waals surface area contributed by atoms with Crippen molar-refractivity contribution in [1.82, 2.24) is 4.98 Å². The number of aliphatic carboxylic acids is 1. The number of aromatic nitrogens is 1. The summed E-state index contributed by atoms with van der Waals surface area (Å²) in [5.41, 5.74) is 3.00. The van der Waals surface area contributed by atoms with E-state index in [9.17, 15) is 4.79 Å². The fraction of sp³-hybridized carbons (Fsp3) is 0.118. The lowest BCUT2D eigenvalue weighted by atomic mass is 9.92. The number of hydrogen-bond donors (Lipinski definition) is 2. The first-order valence-corrected chi connectivity index (χ1v) is 6.58. The monoisotopic (exact) mass is 265 g/mol. The van der Waals surface area contributed by atoms with Crippen LogP contribution in [-0.4, -0.2) is 16.1 Å².